The third-order valence-corrected chi connectivity index (χ3v) is 8.67. The van der Waals surface area contributed by atoms with Crippen LogP contribution in [0, 0.1) is 34.5 Å². The van der Waals surface area contributed by atoms with Gasteiger partial charge < -0.3 is 4.74 Å². The molecule has 4 fully saturated rings. The minimum Gasteiger partial charge on any atom is -0.497 e. The number of hydrogen-bond donors (Lipinski definition) is 0. The highest BCUT2D eigenvalue weighted by Gasteiger charge is 3.02. The summed E-state index contributed by atoms with van der Waals surface area (Å²) in [7, 11) is 1.70. The van der Waals surface area contributed by atoms with Crippen molar-refractivity contribution >= 4 is 0 Å². The highest BCUT2D eigenvalue weighted by Crippen LogP contribution is 3.03. The minimum atomic E-state index is -0.192. The smallest absolute Gasteiger partial charge is 0.352 e. The lowest BCUT2D eigenvalue weighted by atomic mass is 9.69. The predicted octanol–water partition coefficient (Wildman–Crippen LogP) is 1.49. The van der Waals surface area contributed by atoms with Gasteiger partial charge in [-0.3, -0.25) is 0 Å². The number of hydrogen-bond acceptors (Lipinski definition) is 3. The highest BCUT2D eigenvalue weighted by molar-refractivity contribution is 5.58. The maximum atomic E-state index is 13.4. The van der Waals surface area contributed by atoms with Crippen molar-refractivity contribution in [2.75, 3.05) is 7.11 Å². The van der Waals surface area contributed by atoms with Gasteiger partial charge in [0, 0.05) is 10.8 Å². The zero-order chi connectivity index (χ0) is 17.9. The lowest BCUT2D eigenvalue weighted by Gasteiger charge is -2.47. The second kappa shape index (κ2) is 3.51. The SMILES string of the molecule is COC1=C[C@]23[C@@H]4[C@@H]5[C@@H]6[C@H]5[C@@H]2n2c(=O)n(-c5ccccc5)c(=O)n2[C@@H]6[C@]43C=C1. The largest absolute Gasteiger partial charge is 0.497 e. The van der Waals surface area contributed by atoms with Gasteiger partial charge in [0.1, 0.15) is 5.76 Å². The first-order valence-corrected chi connectivity index (χ1v) is 9.66. The maximum Gasteiger partial charge on any atom is 0.352 e. The van der Waals surface area contributed by atoms with Crippen molar-refractivity contribution in [2.45, 2.75) is 12.1 Å². The molecule has 2 spiro atoms. The van der Waals surface area contributed by atoms with Gasteiger partial charge in [-0.2, -0.15) is 0 Å². The molecule has 5 aliphatic carbocycles. The zero-order valence-corrected chi connectivity index (χ0v) is 14.6. The number of aromatic nitrogens is 3. The molecule has 0 saturated heterocycles. The van der Waals surface area contributed by atoms with Crippen LogP contribution < -0.4 is 11.4 Å². The molecule has 0 N–H and O–H groups in total. The summed E-state index contributed by atoms with van der Waals surface area (Å²) in [6.45, 7) is 0. The Bertz CT molecular complexity index is 1260. The lowest BCUT2D eigenvalue weighted by molar-refractivity contribution is 0.0417. The summed E-state index contributed by atoms with van der Waals surface area (Å²) in [6, 6.07) is 9.48. The van der Waals surface area contributed by atoms with Crippen LogP contribution in [-0.4, -0.2) is 21.0 Å². The Morgan fingerprint density at radius 3 is 2.26 bits per heavy atom. The molecule has 9 rings (SSSR count). The summed E-state index contributed by atoms with van der Waals surface area (Å²) in [5.74, 6) is 3.23. The molecule has 1 aromatic carbocycles. The molecule has 2 bridgehead atoms. The van der Waals surface area contributed by atoms with E-state index in [4.69, 9.17) is 4.74 Å². The molecule has 3 heterocycles. The Balaban J connectivity index is 1.46. The molecule has 2 aromatic rings. The number of allylic oxidation sites excluding steroid dienone is 3. The van der Waals surface area contributed by atoms with Crippen LogP contribution in [0.5, 0.6) is 0 Å². The molecule has 6 nitrogen and oxygen atoms in total. The molecular formula is C21H17N3O3. The van der Waals surface area contributed by atoms with Crippen LogP contribution in [0.3, 0.4) is 0 Å². The van der Waals surface area contributed by atoms with Crippen LogP contribution in [0.25, 0.3) is 5.69 Å². The molecule has 7 aliphatic rings. The van der Waals surface area contributed by atoms with Crippen molar-refractivity contribution in [2.24, 2.45) is 34.5 Å². The Morgan fingerprint density at radius 1 is 0.926 bits per heavy atom. The first-order valence-electron chi connectivity index (χ1n) is 9.66. The summed E-state index contributed by atoms with van der Waals surface area (Å²) < 4.78 is 10.5. The zero-order valence-electron chi connectivity index (χ0n) is 14.6. The second-order valence-electron chi connectivity index (χ2n) is 8.97. The van der Waals surface area contributed by atoms with Gasteiger partial charge in [0.25, 0.3) is 0 Å². The van der Waals surface area contributed by atoms with Crippen LogP contribution >= 0.6 is 0 Å². The fraction of sp³-hybridized carbons (Fsp3) is 0.429. The quantitative estimate of drug-likeness (QED) is 0.816. The van der Waals surface area contributed by atoms with Gasteiger partial charge in [-0.05, 0) is 48.0 Å². The summed E-state index contributed by atoms with van der Waals surface area (Å²) >= 11 is 0. The van der Waals surface area contributed by atoms with Gasteiger partial charge in [-0.1, -0.05) is 24.3 Å². The van der Waals surface area contributed by atoms with Crippen LogP contribution in [-0.2, 0) is 4.74 Å². The first kappa shape index (κ1) is 13.4. The van der Waals surface area contributed by atoms with Crippen molar-refractivity contribution in [1.82, 2.24) is 13.9 Å². The lowest BCUT2D eigenvalue weighted by Crippen LogP contribution is -2.52. The standard InChI is InChI=1S/C21H17N3O3/c1-27-11-7-8-20-15-12-13-14(12)17(21(15,20)9-11)24-19(26)22(10-5-3-2-4-6-10)18(25)23(24)16(13)20/h2-9,12-17H,1H3/t12-,13-,14+,15-,16+,17+,20+,21+/m1/s1. The topological polar surface area (TPSA) is 58.2 Å². The molecule has 8 atom stereocenters. The molecule has 1 aromatic heterocycles. The van der Waals surface area contributed by atoms with Crippen LogP contribution in [0.1, 0.15) is 12.1 Å². The van der Waals surface area contributed by atoms with E-state index in [9.17, 15) is 9.59 Å². The van der Waals surface area contributed by atoms with Gasteiger partial charge in [0.2, 0.25) is 0 Å². The average Bonchev–Trinajstić information content (AvgIpc) is 3.46. The van der Waals surface area contributed by atoms with Gasteiger partial charge in [0.05, 0.1) is 24.9 Å². The van der Waals surface area contributed by atoms with Gasteiger partial charge in [-0.15, -0.1) is 0 Å². The van der Waals surface area contributed by atoms with Crippen molar-refractivity contribution in [3.8, 4) is 5.69 Å². The Labute approximate surface area is 154 Å². The van der Waals surface area contributed by atoms with Crippen molar-refractivity contribution in [3.05, 3.63) is 75.3 Å². The normalized spacial score (nSPS) is 47.4. The van der Waals surface area contributed by atoms with E-state index in [1.54, 1.807) is 7.11 Å². The number of para-hydroxylation sites is 1. The van der Waals surface area contributed by atoms with E-state index < -0.39 is 0 Å². The van der Waals surface area contributed by atoms with Crippen molar-refractivity contribution < 1.29 is 4.74 Å². The summed E-state index contributed by atoms with van der Waals surface area (Å²) in [5.41, 5.74) is 0.264. The van der Waals surface area contributed by atoms with Crippen molar-refractivity contribution in [3.63, 3.8) is 0 Å². The molecule has 6 heteroatoms. The van der Waals surface area contributed by atoms with Crippen LogP contribution in [0.4, 0.5) is 0 Å². The molecule has 27 heavy (non-hydrogen) atoms. The molecule has 134 valence electrons. The van der Waals surface area contributed by atoms with E-state index >= 15 is 0 Å². The molecule has 0 radical (unpaired) electrons. The fourth-order valence-corrected chi connectivity index (χ4v) is 8.21. The third-order valence-electron chi connectivity index (χ3n) is 8.67. The number of ether oxygens (including phenoxy) is 1. The molecule has 4 saturated carbocycles. The van der Waals surface area contributed by atoms with Gasteiger partial charge >= 0.3 is 11.4 Å². The summed E-state index contributed by atoms with van der Waals surface area (Å²) in [5, 5.41) is 0. The minimum absolute atomic E-state index is 0.0168. The number of methoxy groups -OCH3 is 1. The van der Waals surface area contributed by atoms with Crippen LogP contribution in [0.2, 0.25) is 0 Å². The summed E-state index contributed by atoms with van der Waals surface area (Å²) in [6.07, 6.45) is 6.65. The first-order chi connectivity index (χ1) is 13.2. The molecular weight excluding hydrogens is 342 g/mol. The maximum absolute atomic E-state index is 13.4. The van der Waals surface area contributed by atoms with E-state index in [2.05, 4.69) is 18.2 Å². The molecule has 2 aliphatic heterocycles. The Kier molecular flexibility index (Phi) is 1.74. The average molecular weight is 359 g/mol. The van der Waals surface area contributed by atoms with E-state index in [0.717, 1.165) is 5.76 Å². The fourth-order valence-electron chi connectivity index (χ4n) is 8.21. The number of rotatable bonds is 2. The second-order valence-corrected chi connectivity index (χ2v) is 8.97. The monoisotopic (exact) mass is 359 g/mol. The van der Waals surface area contributed by atoms with E-state index in [1.807, 2.05) is 39.7 Å². The van der Waals surface area contributed by atoms with Crippen LogP contribution in [0.15, 0.2) is 63.9 Å². The summed E-state index contributed by atoms with van der Waals surface area (Å²) in [4.78, 5) is 26.8. The number of benzene rings is 1. The van der Waals surface area contributed by atoms with E-state index in [-0.39, 0.29) is 34.3 Å². The molecule has 0 amide bonds. The van der Waals surface area contributed by atoms with Gasteiger partial charge in [0.15, 0.2) is 0 Å². The van der Waals surface area contributed by atoms with Gasteiger partial charge in [-0.25, -0.2) is 23.5 Å². The Hall–Kier alpha value is -2.76. The van der Waals surface area contributed by atoms with Crippen molar-refractivity contribution in [1.29, 1.82) is 0 Å². The van der Waals surface area contributed by atoms with E-state index in [1.165, 1.54) is 4.57 Å². The predicted molar refractivity (Wildman–Crippen MR) is 95.4 cm³/mol. The number of nitrogens with zero attached hydrogens (tertiary/aromatic N) is 3. The van der Waals surface area contributed by atoms with E-state index in [0.29, 0.717) is 29.4 Å². The Morgan fingerprint density at radius 2 is 1.59 bits per heavy atom. The third kappa shape index (κ3) is 0.984. The highest BCUT2D eigenvalue weighted by atomic mass is 16.5. The molecule has 0 unspecified atom stereocenters.